The molecular weight excluding hydrogens is 588 g/mol. The summed E-state index contributed by atoms with van der Waals surface area (Å²) < 4.78 is 17.5. The predicted octanol–water partition coefficient (Wildman–Crippen LogP) is 3.83. The first kappa shape index (κ1) is 32.1. The highest BCUT2D eigenvalue weighted by atomic mass is 32.2. The summed E-state index contributed by atoms with van der Waals surface area (Å²) in [6.45, 7) is 0.786. The van der Waals surface area contributed by atoms with E-state index in [-0.39, 0.29) is 36.5 Å². The first-order valence-corrected chi connectivity index (χ1v) is 15.0. The third-order valence-electron chi connectivity index (χ3n) is 6.42. The third-order valence-corrected chi connectivity index (χ3v) is 7.38. The molecular formula is C30H34N6O7S. The number of carbonyl (C=O) groups excluding carboxylic acids is 4. The Labute approximate surface area is 258 Å². The number of carbonyl (C=O) groups is 4. The second-order valence-electron chi connectivity index (χ2n) is 9.60. The van der Waals surface area contributed by atoms with Crippen LogP contribution in [-0.2, 0) is 16.6 Å². The van der Waals surface area contributed by atoms with Crippen LogP contribution >= 0.6 is 11.8 Å². The normalized spacial score (nSPS) is 13.1. The summed E-state index contributed by atoms with van der Waals surface area (Å²) in [5, 5.41) is 8.31. The summed E-state index contributed by atoms with van der Waals surface area (Å²) >= 11 is 1.74. The number of hydrogen-bond acceptors (Lipinski definition) is 10. The molecule has 0 atom stereocenters. The maximum absolute atomic E-state index is 12.7. The molecule has 4 rings (SSSR count). The molecule has 44 heavy (non-hydrogen) atoms. The lowest BCUT2D eigenvalue weighted by Crippen LogP contribution is -2.25. The molecule has 1 aromatic heterocycles. The molecule has 13 nitrogen and oxygen atoms in total. The number of thioether (sulfide) groups is 1. The van der Waals surface area contributed by atoms with Crippen LogP contribution in [0.5, 0.6) is 11.5 Å². The number of anilines is 2. The van der Waals surface area contributed by atoms with E-state index in [1.54, 1.807) is 49.3 Å². The first-order valence-electron chi connectivity index (χ1n) is 13.8. The Hall–Kier alpha value is -4.85. The van der Waals surface area contributed by atoms with Crippen LogP contribution < -0.4 is 25.4 Å². The van der Waals surface area contributed by atoms with Gasteiger partial charge in [0.15, 0.2) is 17.3 Å². The lowest BCUT2D eigenvalue weighted by molar-refractivity contribution is -0.116. The van der Waals surface area contributed by atoms with E-state index in [0.717, 1.165) is 17.9 Å². The summed E-state index contributed by atoms with van der Waals surface area (Å²) in [6.07, 6.45) is 4.70. The lowest BCUT2D eigenvalue weighted by atomic mass is 10.1. The zero-order chi connectivity index (χ0) is 31.5. The summed E-state index contributed by atoms with van der Waals surface area (Å²) in [6, 6.07) is 9.50. The van der Waals surface area contributed by atoms with Crippen molar-refractivity contribution in [2.24, 2.45) is 12.0 Å². The van der Waals surface area contributed by atoms with Gasteiger partial charge >= 0.3 is 5.97 Å². The van der Waals surface area contributed by atoms with Gasteiger partial charge < -0.3 is 34.7 Å². The van der Waals surface area contributed by atoms with Crippen molar-refractivity contribution >= 4 is 58.9 Å². The van der Waals surface area contributed by atoms with Gasteiger partial charge in [-0.25, -0.2) is 9.78 Å². The first-order chi connectivity index (χ1) is 21.3. The van der Waals surface area contributed by atoms with Gasteiger partial charge in [-0.1, -0.05) is 0 Å². The third kappa shape index (κ3) is 8.60. The molecule has 3 amide bonds. The minimum Gasteiger partial charge on any atom is -0.493 e. The molecule has 0 saturated heterocycles. The number of benzene rings is 2. The summed E-state index contributed by atoms with van der Waals surface area (Å²) in [4.78, 5) is 58.3. The van der Waals surface area contributed by atoms with Gasteiger partial charge in [-0.3, -0.25) is 19.4 Å². The van der Waals surface area contributed by atoms with E-state index in [0.29, 0.717) is 47.0 Å². The van der Waals surface area contributed by atoms with Gasteiger partial charge in [0.05, 0.1) is 37.6 Å². The van der Waals surface area contributed by atoms with Crippen LogP contribution in [0, 0.1) is 0 Å². The van der Waals surface area contributed by atoms with Crippen molar-refractivity contribution in [3.05, 3.63) is 59.5 Å². The Balaban J connectivity index is 1.30. The van der Waals surface area contributed by atoms with Gasteiger partial charge in [0.1, 0.15) is 0 Å². The van der Waals surface area contributed by atoms with Gasteiger partial charge in [0.2, 0.25) is 11.7 Å². The number of hydrogen-bond donors (Lipinski definition) is 3. The van der Waals surface area contributed by atoms with Crippen molar-refractivity contribution in [1.29, 1.82) is 0 Å². The van der Waals surface area contributed by atoms with Crippen molar-refractivity contribution in [3.8, 4) is 11.5 Å². The summed E-state index contributed by atoms with van der Waals surface area (Å²) in [5.74, 6) is 1.29. The van der Waals surface area contributed by atoms with Crippen LogP contribution in [0.15, 0.2) is 47.6 Å². The highest BCUT2D eigenvalue weighted by Gasteiger charge is 2.19. The van der Waals surface area contributed by atoms with Crippen molar-refractivity contribution in [3.63, 3.8) is 0 Å². The number of aliphatic imine (C=N–C) groups is 1. The van der Waals surface area contributed by atoms with Crippen molar-refractivity contribution < 1.29 is 33.4 Å². The zero-order valence-electron chi connectivity index (χ0n) is 24.7. The smallest absolute Gasteiger partial charge is 0.337 e. The molecule has 0 fully saturated rings. The molecule has 0 bridgehead atoms. The van der Waals surface area contributed by atoms with Crippen LogP contribution in [0.2, 0.25) is 0 Å². The largest absolute Gasteiger partial charge is 0.493 e. The summed E-state index contributed by atoms with van der Waals surface area (Å²) in [5.41, 5.74) is 1.70. The van der Waals surface area contributed by atoms with Gasteiger partial charge in [0, 0.05) is 49.9 Å². The number of rotatable bonds is 10. The standard InChI is InChI=1S/C30H34N6O7S/c1-36-18-25(35-27(36)29(39)33-20-9-7-19(8-10-20)30(40)42-3)34-26(37)6-4-13-43-24-17-22-21(16-23(24)41-2)28(38)32-11-5-14-44-15-12-31-22/h7-10,12,16-18H,4-6,11,13-15H2,1-3H3,(H,32,38)(H,33,39)(H,34,37). The van der Waals surface area contributed by atoms with Gasteiger partial charge in [-0.05, 0) is 48.9 Å². The quantitative estimate of drug-likeness (QED) is 0.225. The Morgan fingerprint density at radius 2 is 1.89 bits per heavy atom. The highest BCUT2D eigenvalue weighted by molar-refractivity contribution is 7.99. The molecule has 2 aromatic carbocycles. The molecule has 3 N–H and O–H groups in total. The molecule has 0 spiro atoms. The van der Waals surface area contributed by atoms with Gasteiger partial charge in [-0.2, -0.15) is 11.8 Å². The maximum atomic E-state index is 12.7. The molecule has 2 heterocycles. The minimum atomic E-state index is -0.486. The average molecular weight is 623 g/mol. The molecule has 0 radical (unpaired) electrons. The summed E-state index contributed by atoms with van der Waals surface area (Å²) in [7, 11) is 4.42. The van der Waals surface area contributed by atoms with Gasteiger partial charge in [0.25, 0.3) is 11.8 Å². The van der Waals surface area contributed by atoms with Crippen LogP contribution in [-0.4, -0.2) is 78.3 Å². The molecule has 3 aromatic rings. The van der Waals surface area contributed by atoms with E-state index in [4.69, 9.17) is 9.47 Å². The molecule has 232 valence electrons. The SMILES string of the molecule is COC(=O)c1ccc(NC(=O)c2nc(NC(=O)CCCOc3cc4c(cc3OC)C(=O)NCCCSCC=N4)cn2C)cc1. The van der Waals surface area contributed by atoms with Crippen LogP contribution in [0.1, 0.15) is 50.6 Å². The molecule has 0 aliphatic carbocycles. The van der Waals surface area contributed by atoms with Crippen LogP contribution in [0.3, 0.4) is 0 Å². The number of methoxy groups -OCH3 is 2. The highest BCUT2D eigenvalue weighted by Crippen LogP contribution is 2.35. The maximum Gasteiger partial charge on any atom is 0.337 e. The van der Waals surface area contributed by atoms with E-state index >= 15 is 0 Å². The number of aromatic nitrogens is 2. The zero-order valence-corrected chi connectivity index (χ0v) is 25.5. The van der Waals surface area contributed by atoms with Crippen LogP contribution in [0.4, 0.5) is 17.2 Å². The van der Waals surface area contributed by atoms with E-state index in [1.165, 1.54) is 37.1 Å². The van der Waals surface area contributed by atoms with Gasteiger partial charge in [-0.15, -0.1) is 0 Å². The second-order valence-corrected chi connectivity index (χ2v) is 10.7. The number of amides is 3. The van der Waals surface area contributed by atoms with E-state index in [9.17, 15) is 19.2 Å². The average Bonchev–Trinajstić information content (AvgIpc) is 3.38. The van der Waals surface area contributed by atoms with E-state index in [1.807, 2.05) is 0 Å². The molecule has 14 heteroatoms. The Morgan fingerprint density at radius 3 is 2.64 bits per heavy atom. The molecule has 1 aliphatic heterocycles. The lowest BCUT2D eigenvalue weighted by Gasteiger charge is -2.14. The Bertz CT molecular complexity index is 1540. The number of fused-ring (bicyclic) bond motifs is 1. The topological polar surface area (TPSA) is 162 Å². The monoisotopic (exact) mass is 622 g/mol. The van der Waals surface area contributed by atoms with E-state index in [2.05, 4.69) is 30.7 Å². The fourth-order valence-electron chi connectivity index (χ4n) is 4.21. The van der Waals surface area contributed by atoms with Crippen molar-refractivity contribution in [2.45, 2.75) is 19.3 Å². The number of aryl methyl sites for hydroxylation is 1. The predicted molar refractivity (Wildman–Crippen MR) is 168 cm³/mol. The van der Waals surface area contributed by atoms with E-state index < -0.39 is 11.9 Å². The number of esters is 1. The number of ether oxygens (including phenoxy) is 3. The minimum absolute atomic E-state index is 0.0866. The van der Waals surface area contributed by atoms with Crippen molar-refractivity contribution in [2.75, 3.05) is 49.5 Å². The number of nitrogens with zero attached hydrogens (tertiary/aromatic N) is 3. The van der Waals surface area contributed by atoms with Crippen molar-refractivity contribution in [1.82, 2.24) is 14.9 Å². The number of imidazole rings is 1. The Morgan fingerprint density at radius 1 is 1.09 bits per heavy atom. The number of nitrogens with one attached hydrogen (secondary N) is 3. The Kier molecular flexibility index (Phi) is 11.3. The molecule has 0 unspecified atom stereocenters. The second kappa shape index (κ2) is 15.6. The fourth-order valence-corrected chi connectivity index (χ4v) is 4.90. The molecule has 1 aliphatic rings. The fraction of sp³-hybridized carbons (Fsp3) is 0.333. The molecule has 0 saturated carbocycles. The van der Waals surface area contributed by atoms with Crippen LogP contribution in [0.25, 0.3) is 0 Å².